The summed E-state index contributed by atoms with van der Waals surface area (Å²) < 4.78 is 19.9. The number of para-hydroxylation sites is 1. The largest absolute Gasteiger partial charge is 0.450 e. The fourth-order valence-corrected chi connectivity index (χ4v) is 3.10. The molecule has 23 heavy (non-hydrogen) atoms. The van der Waals surface area contributed by atoms with E-state index < -0.39 is 17.8 Å². The summed E-state index contributed by atoms with van der Waals surface area (Å²) in [6.45, 7) is 0. The Labute approximate surface area is 130 Å². The number of benzene rings is 2. The lowest BCUT2D eigenvalue weighted by Crippen LogP contribution is -2.25. The van der Waals surface area contributed by atoms with E-state index in [0.29, 0.717) is 11.0 Å². The fourth-order valence-electron chi connectivity index (χ4n) is 3.10. The second-order valence-electron chi connectivity index (χ2n) is 5.51. The zero-order valence-corrected chi connectivity index (χ0v) is 12.2. The number of rotatable bonds is 1. The molecule has 1 aliphatic heterocycles. The van der Waals surface area contributed by atoms with Crippen molar-refractivity contribution < 1.29 is 13.6 Å². The zero-order chi connectivity index (χ0) is 16.1. The van der Waals surface area contributed by atoms with Gasteiger partial charge in [0.25, 0.3) is 5.91 Å². The first-order valence-corrected chi connectivity index (χ1v) is 7.17. The van der Waals surface area contributed by atoms with Crippen LogP contribution in [0.4, 0.5) is 4.39 Å². The predicted octanol–water partition coefficient (Wildman–Crippen LogP) is 3.11. The average molecular weight is 309 g/mol. The molecule has 0 saturated carbocycles. The van der Waals surface area contributed by atoms with Gasteiger partial charge in [-0.1, -0.05) is 30.3 Å². The van der Waals surface area contributed by atoms with Crippen LogP contribution in [0.2, 0.25) is 0 Å². The highest BCUT2D eigenvalue weighted by molar-refractivity contribution is 5.98. The van der Waals surface area contributed by atoms with Crippen molar-refractivity contribution in [1.82, 2.24) is 4.90 Å². The van der Waals surface area contributed by atoms with Gasteiger partial charge in [-0.15, -0.1) is 0 Å². The molecule has 0 aliphatic carbocycles. The molecule has 4 nitrogen and oxygen atoms in total. The van der Waals surface area contributed by atoms with Crippen LogP contribution in [-0.2, 0) is 0 Å². The summed E-state index contributed by atoms with van der Waals surface area (Å²) in [4.78, 5) is 26.6. The highest BCUT2D eigenvalue weighted by Gasteiger charge is 2.41. The van der Waals surface area contributed by atoms with Crippen LogP contribution in [0.1, 0.15) is 27.7 Å². The Morgan fingerprint density at radius 2 is 1.74 bits per heavy atom. The van der Waals surface area contributed by atoms with Crippen LogP contribution < -0.4 is 5.43 Å². The van der Waals surface area contributed by atoms with E-state index >= 15 is 0 Å². The molecule has 1 amide bonds. The average Bonchev–Trinajstić information content (AvgIpc) is 2.81. The Kier molecular flexibility index (Phi) is 2.84. The molecule has 5 heteroatoms. The third-order valence-corrected chi connectivity index (χ3v) is 4.21. The summed E-state index contributed by atoms with van der Waals surface area (Å²) >= 11 is 0. The normalized spacial score (nSPS) is 16.9. The van der Waals surface area contributed by atoms with E-state index in [4.69, 9.17) is 4.42 Å². The summed E-state index contributed by atoms with van der Waals surface area (Å²) in [5.74, 6) is -0.891. The molecule has 3 aromatic rings. The van der Waals surface area contributed by atoms with Gasteiger partial charge in [0, 0.05) is 12.6 Å². The lowest BCUT2D eigenvalue weighted by Gasteiger charge is -2.20. The maximum Gasteiger partial charge on any atom is 0.290 e. The van der Waals surface area contributed by atoms with Gasteiger partial charge in [0.15, 0.2) is 5.43 Å². The van der Waals surface area contributed by atoms with Crippen molar-refractivity contribution in [3.63, 3.8) is 0 Å². The van der Waals surface area contributed by atoms with Crippen LogP contribution in [-0.4, -0.2) is 17.9 Å². The first kappa shape index (κ1) is 13.7. The minimum absolute atomic E-state index is 0.00977. The van der Waals surface area contributed by atoms with Crippen LogP contribution in [0, 0.1) is 5.82 Å². The molecular weight excluding hydrogens is 297 g/mol. The summed E-state index contributed by atoms with van der Waals surface area (Å²) in [6.07, 6.45) is 0. The fraction of sp³-hybridized carbons (Fsp3) is 0.111. The molecule has 0 fully saturated rings. The van der Waals surface area contributed by atoms with Gasteiger partial charge in [0.05, 0.1) is 17.0 Å². The number of hydrogen-bond donors (Lipinski definition) is 0. The lowest BCUT2D eigenvalue weighted by molar-refractivity contribution is 0.0770. The summed E-state index contributed by atoms with van der Waals surface area (Å²) in [7, 11) is 1.54. The Bertz CT molecular complexity index is 1010. The van der Waals surface area contributed by atoms with Crippen molar-refractivity contribution in [2.75, 3.05) is 7.05 Å². The Hall–Kier alpha value is -2.95. The van der Waals surface area contributed by atoms with E-state index in [1.165, 1.54) is 11.0 Å². The smallest absolute Gasteiger partial charge is 0.290 e. The number of hydrogen-bond acceptors (Lipinski definition) is 3. The Morgan fingerprint density at radius 3 is 2.52 bits per heavy atom. The molecule has 1 aliphatic rings. The van der Waals surface area contributed by atoms with E-state index in [9.17, 15) is 14.0 Å². The third kappa shape index (κ3) is 1.83. The zero-order valence-electron chi connectivity index (χ0n) is 12.2. The van der Waals surface area contributed by atoms with Gasteiger partial charge >= 0.3 is 0 Å². The predicted molar refractivity (Wildman–Crippen MR) is 82.8 cm³/mol. The second kappa shape index (κ2) is 4.78. The van der Waals surface area contributed by atoms with Gasteiger partial charge in [-0.25, -0.2) is 4.39 Å². The molecule has 0 radical (unpaired) electrons. The van der Waals surface area contributed by atoms with E-state index in [2.05, 4.69) is 0 Å². The molecule has 0 unspecified atom stereocenters. The van der Waals surface area contributed by atoms with E-state index in [1.54, 1.807) is 49.5 Å². The summed E-state index contributed by atoms with van der Waals surface area (Å²) in [6, 6.07) is 12.1. The van der Waals surface area contributed by atoms with Gasteiger partial charge in [-0.3, -0.25) is 9.59 Å². The van der Waals surface area contributed by atoms with Gasteiger partial charge in [-0.05, 0) is 18.2 Å². The highest BCUT2D eigenvalue weighted by Crippen LogP contribution is 2.37. The third-order valence-electron chi connectivity index (χ3n) is 4.21. The number of carbonyl (C=O) groups excluding carboxylic acids is 1. The van der Waals surface area contributed by atoms with E-state index in [0.717, 1.165) is 0 Å². The minimum Gasteiger partial charge on any atom is -0.450 e. The van der Waals surface area contributed by atoms with Crippen molar-refractivity contribution in [3.05, 3.63) is 81.5 Å². The molecule has 4 rings (SSSR count). The topological polar surface area (TPSA) is 50.5 Å². The molecular formula is C18H12FNO3. The standard InChI is InChI=1S/C18H12FNO3/c1-20-15(10-6-2-4-8-12(10)19)14-16(21)11-7-3-5-9-13(11)23-17(14)18(20)22/h2-9,15H,1H3/t15-/m0/s1. The van der Waals surface area contributed by atoms with Gasteiger partial charge in [-0.2, -0.15) is 0 Å². The van der Waals surface area contributed by atoms with Gasteiger partial charge in [0.2, 0.25) is 5.76 Å². The first-order chi connectivity index (χ1) is 11.1. The van der Waals surface area contributed by atoms with Crippen molar-refractivity contribution >= 4 is 16.9 Å². The number of halogens is 1. The minimum atomic E-state index is -0.778. The summed E-state index contributed by atoms with van der Waals surface area (Å²) in [5.41, 5.74) is 0.533. The number of amides is 1. The van der Waals surface area contributed by atoms with Crippen LogP contribution in [0.25, 0.3) is 11.0 Å². The Balaban J connectivity index is 2.07. The lowest BCUT2D eigenvalue weighted by atomic mass is 9.98. The van der Waals surface area contributed by atoms with Gasteiger partial charge < -0.3 is 9.32 Å². The van der Waals surface area contributed by atoms with Gasteiger partial charge in [0.1, 0.15) is 11.4 Å². The molecule has 0 spiro atoms. The highest BCUT2D eigenvalue weighted by atomic mass is 19.1. The number of nitrogens with zero attached hydrogens (tertiary/aromatic N) is 1. The van der Waals surface area contributed by atoms with Crippen LogP contribution >= 0.6 is 0 Å². The quantitative estimate of drug-likeness (QED) is 0.694. The van der Waals surface area contributed by atoms with Crippen molar-refractivity contribution in [2.24, 2.45) is 0 Å². The maximum absolute atomic E-state index is 14.2. The molecule has 1 aromatic heterocycles. The molecule has 2 aromatic carbocycles. The van der Waals surface area contributed by atoms with Crippen LogP contribution in [0.15, 0.2) is 57.7 Å². The second-order valence-corrected chi connectivity index (χ2v) is 5.51. The molecule has 0 N–H and O–H groups in total. The van der Waals surface area contributed by atoms with E-state index in [-0.39, 0.29) is 22.3 Å². The molecule has 114 valence electrons. The number of fused-ring (bicyclic) bond motifs is 2. The summed E-state index contributed by atoms with van der Waals surface area (Å²) in [5, 5.41) is 0.385. The first-order valence-electron chi connectivity index (χ1n) is 7.17. The molecule has 0 bridgehead atoms. The van der Waals surface area contributed by atoms with Crippen molar-refractivity contribution in [1.29, 1.82) is 0 Å². The maximum atomic E-state index is 14.2. The van der Waals surface area contributed by atoms with Crippen molar-refractivity contribution in [2.45, 2.75) is 6.04 Å². The van der Waals surface area contributed by atoms with E-state index in [1.807, 2.05) is 0 Å². The molecule has 1 atom stereocenters. The van der Waals surface area contributed by atoms with Crippen LogP contribution in [0.5, 0.6) is 0 Å². The van der Waals surface area contributed by atoms with Crippen molar-refractivity contribution in [3.8, 4) is 0 Å². The SMILES string of the molecule is CN1C(=O)c2oc3ccccc3c(=O)c2[C@@H]1c1ccccc1F. The Morgan fingerprint density at radius 1 is 1.04 bits per heavy atom. The molecule has 2 heterocycles. The van der Waals surface area contributed by atoms with Crippen LogP contribution in [0.3, 0.4) is 0 Å². The monoisotopic (exact) mass is 309 g/mol. The molecule has 0 saturated heterocycles. The number of carbonyl (C=O) groups is 1.